The molecule has 2 aromatic carbocycles. The number of fused-ring (bicyclic) bond motifs is 1. The zero-order chi connectivity index (χ0) is 20.1. The van der Waals surface area contributed by atoms with Crippen LogP contribution in [0.5, 0.6) is 11.5 Å². The van der Waals surface area contributed by atoms with Gasteiger partial charge in [0.1, 0.15) is 11.5 Å². The van der Waals surface area contributed by atoms with Gasteiger partial charge in [0, 0.05) is 25.7 Å². The Hall–Kier alpha value is -3.28. The molecule has 1 heterocycles. The van der Waals surface area contributed by atoms with Crippen LogP contribution in [-0.2, 0) is 16.1 Å². The fraction of sp³-hybridized carbons (Fsp3) is 0.273. The number of nitrogens with zero attached hydrogens (tertiary/aromatic N) is 1. The van der Waals surface area contributed by atoms with Crippen molar-refractivity contribution in [3.8, 4) is 11.5 Å². The Bertz CT molecular complexity index is 885. The highest BCUT2D eigenvalue weighted by Gasteiger charge is 2.28. The third kappa shape index (κ3) is 4.34. The second-order valence-electron chi connectivity index (χ2n) is 6.59. The number of carbonyl (C=O) groups excluding carboxylic acids is 2. The number of carbonyl (C=O) groups is 2. The van der Waals surface area contributed by atoms with E-state index in [9.17, 15) is 9.59 Å². The predicted octanol–water partition coefficient (Wildman–Crippen LogP) is 3.28. The van der Waals surface area contributed by atoms with Gasteiger partial charge in [-0.2, -0.15) is 0 Å². The Balaban J connectivity index is 1.71. The summed E-state index contributed by atoms with van der Waals surface area (Å²) in [5.41, 5.74) is 2.87. The molecule has 1 aliphatic rings. The SMILES string of the molecule is COc1cc(CNC(=O)CC2c3ccccc3C=CN2C(C)=O)cc(OC)c1. The summed E-state index contributed by atoms with van der Waals surface area (Å²) in [4.78, 5) is 26.3. The summed E-state index contributed by atoms with van der Waals surface area (Å²) in [7, 11) is 3.17. The molecule has 146 valence electrons. The summed E-state index contributed by atoms with van der Waals surface area (Å²) in [5, 5.41) is 2.93. The van der Waals surface area contributed by atoms with Gasteiger partial charge in [-0.3, -0.25) is 9.59 Å². The normalized spacial score (nSPS) is 15.0. The lowest BCUT2D eigenvalue weighted by atomic mass is 9.93. The molecule has 2 amide bonds. The van der Waals surface area contributed by atoms with E-state index in [2.05, 4.69) is 5.32 Å². The van der Waals surface area contributed by atoms with Crippen LogP contribution in [0.1, 0.15) is 36.1 Å². The van der Waals surface area contributed by atoms with Gasteiger partial charge < -0.3 is 19.7 Å². The molecule has 1 unspecified atom stereocenters. The van der Waals surface area contributed by atoms with Gasteiger partial charge in [0.05, 0.1) is 26.7 Å². The highest BCUT2D eigenvalue weighted by molar-refractivity contribution is 5.81. The van der Waals surface area contributed by atoms with Crippen LogP contribution in [0.25, 0.3) is 6.08 Å². The van der Waals surface area contributed by atoms with Gasteiger partial charge in [-0.05, 0) is 34.9 Å². The van der Waals surface area contributed by atoms with Gasteiger partial charge in [0.2, 0.25) is 11.8 Å². The largest absolute Gasteiger partial charge is 0.497 e. The topological polar surface area (TPSA) is 67.9 Å². The molecule has 3 rings (SSSR count). The van der Waals surface area contributed by atoms with E-state index in [1.165, 1.54) is 6.92 Å². The first-order chi connectivity index (χ1) is 13.5. The Labute approximate surface area is 164 Å². The van der Waals surface area contributed by atoms with Crippen LogP contribution in [0.2, 0.25) is 0 Å². The van der Waals surface area contributed by atoms with E-state index in [4.69, 9.17) is 9.47 Å². The van der Waals surface area contributed by atoms with Gasteiger partial charge >= 0.3 is 0 Å². The molecule has 0 spiro atoms. The van der Waals surface area contributed by atoms with Crippen molar-refractivity contribution >= 4 is 17.9 Å². The Morgan fingerprint density at radius 3 is 2.39 bits per heavy atom. The van der Waals surface area contributed by atoms with E-state index in [0.29, 0.717) is 18.0 Å². The van der Waals surface area contributed by atoms with E-state index in [0.717, 1.165) is 16.7 Å². The molecule has 6 nitrogen and oxygen atoms in total. The first kappa shape index (κ1) is 19.5. The molecule has 0 fully saturated rings. The molecule has 0 saturated carbocycles. The van der Waals surface area contributed by atoms with Crippen LogP contribution < -0.4 is 14.8 Å². The second-order valence-corrected chi connectivity index (χ2v) is 6.59. The first-order valence-electron chi connectivity index (χ1n) is 9.06. The van der Waals surface area contributed by atoms with Gasteiger partial charge in [-0.15, -0.1) is 0 Å². The molecular weight excluding hydrogens is 356 g/mol. The fourth-order valence-electron chi connectivity index (χ4n) is 3.33. The van der Waals surface area contributed by atoms with Crippen molar-refractivity contribution in [2.75, 3.05) is 14.2 Å². The van der Waals surface area contributed by atoms with Crippen molar-refractivity contribution in [1.82, 2.24) is 10.2 Å². The number of rotatable bonds is 6. The van der Waals surface area contributed by atoms with E-state index in [1.807, 2.05) is 42.5 Å². The summed E-state index contributed by atoms with van der Waals surface area (Å²) in [6.07, 6.45) is 3.82. The maximum absolute atomic E-state index is 12.6. The summed E-state index contributed by atoms with van der Waals surface area (Å²) in [6, 6.07) is 13.0. The van der Waals surface area contributed by atoms with Gasteiger partial charge in [0.25, 0.3) is 0 Å². The van der Waals surface area contributed by atoms with Crippen LogP contribution in [-0.4, -0.2) is 30.9 Å². The molecule has 0 bridgehead atoms. The minimum atomic E-state index is -0.321. The molecule has 0 saturated heterocycles. The average molecular weight is 380 g/mol. The molecule has 1 atom stereocenters. The molecule has 0 aliphatic carbocycles. The quantitative estimate of drug-likeness (QED) is 0.835. The third-order valence-corrected chi connectivity index (χ3v) is 4.75. The molecule has 28 heavy (non-hydrogen) atoms. The molecule has 0 aromatic heterocycles. The molecule has 2 aromatic rings. The average Bonchev–Trinajstić information content (AvgIpc) is 2.71. The lowest BCUT2D eigenvalue weighted by molar-refractivity contribution is -0.130. The lowest BCUT2D eigenvalue weighted by Crippen LogP contribution is -2.35. The molecule has 1 aliphatic heterocycles. The molecule has 6 heteroatoms. The van der Waals surface area contributed by atoms with Gasteiger partial charge in [-0.1, -0.05) is 24.3 Å². The van der Waals surface area contributed by atoms with Crippen LogP contribution in [0, 0.1) is 0 Å². The Morgan fingerprint density at radius 2 is 1.75 bits per heavy atom. The highest BCUT2D eigenvalue weighted by Crippen LogP contribution is 2.32. The standard InChI is InChI=1S/C22H24N2O4/c1-15(25)24-9-8-17-6-4-5-7-20(17)21(24)13-22(26)23-14-16-10-18(27-2)12-19(11-16)28-3/h4-12,21H,13-14H2,1-3H3,(H,23,26). The number of hydrogen-bond acceptors (Lipinski definition) is 4. The number of hydrogen-bond donors (Lipinski definition) is 1. The minimum Gasteiger partial charge on any atom is -0.497 e. The van der Waals surface area contributed by atoms with Crippen molar-refractivity contribution in [2.45, 2.75) is 25.9 Å². The maximum atomic E-state index is 12.6. The van der Waals surface area contributed by atoms with Gasteiger partial charge in [0.15, 0.2) is 0 Å². The number of benzene rings is 2. The van der Waals surface area contributed by atoms with E-state index in [-0.39, 0.29) is 24.3 Å². The number of nitrogens with one attached hydrogen (secondary N) is 1. The minimum absolute atomic E-state index is 0.0962. The summed E-state index contributed by atoms with van der Waals surface area (Å²) >= 11 is 0. The Morgan fingerprint density at radius 1 is 1.07 bits per heavy atom. The molecule has 1 N–H and O–H groups in total. The lowest BCUT2D eigenvalue weighted by Gasteiger charge is -2.32. The van der Waals surface area contributed by atoms with Crippen molar-refractivity contribution < 1.29 is 19.1 Å². The third-order valence-electron chi connectivity index (χ3n) is 4.75. The van der Waals surface area contributed by atoms with E-state index >= 15 is 0 Å². The number of ether oxygens (including phenoxy) is 2. The van der Waals surface area contributed by atoms with Crippen molar-refractivity contribution in [1.29, 1.82) is 0 Å². The summed E-state index contributed by atoms with van der Waals surface area (Å²) < 4.78 is 10.5. The van der Waals surface area contributed by atoms with Crippen molar-refractivity contribution in [3.05, 3.63) is 65.4 Å². The van der Waals surface area contributed by atoms with Crippen molar-refractivity contribution in [3.63, 3.8) is 0 Å². The van der Waals surface area contributed by atoms with Crippen LogP contribution in [0.4, 0.5) is 0 Å². The second kappa shape index (κ2) is 8.61. The Kier molecular flexibility index (Phi) is 5.99. The van der Waals surface area contributed by atoms with Crippen LogP contribution >= 0.6 is 0 Å². The number of amides is 2. The van der Waals surface area contributed by atoms with Crippen molar-refractivity contribution in [2.24, 2.45) is 0 Å². The van der Waals surface area contributed by atoms with Gasteiger partial charge in [-0.25, -0.2) is 0 Å². The van der Waals surface area contributed by atoms with E-state index in [1.54, 1.807) is 31.4 Å². The van der Waals surface area contributed by atoms with E-state index < -0.39 is 0 Å². The summed E-state index contributed by atoms with van der Waals surface area (Å²) in [6.45, 7) is 1.85. The first-order valence-corrected chi connectivity index (χ1v) is 9.06. The highest BCUT2D eigenvalue weighted by atomic mass is 16.5. The number of methoxy groups -OCH3 is 2. The molecular formula is C22H24N2O4. The summed E-state index contributed by atoms with van der Waals surface area (Å²) in [5.74, 6) is 1.10. The zero-order valence-electron chi connectivity index (χ0n) is 16.3. The van der Waals surface area contributed by atoms with Crippen LogP contribution in [0.15, 0.2) is 48.7 Å². The fourth-order valence-corrected chi connectivity index (χ4v) is 3.33. The molecule has 0 radical (unpaired) electrons. The smallest absolute Gasteiger partial charge is 0.223 e. The zero-order valence-corrected chi connectivity index (χ0v) is 16.3. The predicted molar refractivity (Wildman–Crippen MR) is 107 cm³/mol. The maximum Gasteiger partial charge on any atom is 0.223 e. The van der Waals surface area contributed by atoms with Crippen LogP contribution in [0.3, 0.4) is 0 Å². The monoisotopic (exact) mass is 380 g/mol.